The van der Waals surface area contributed by atoms with E-state index in [4.69, 9.17) is 16.3 Å². The van der Waals surface area contributed by atoms with E-state index in [0.717, 1.165) is 11.4 Å². The zero-order chi connectivity index (χ0) is 15.1. The lowest BCUT2D eigenvalue weighted by Gasteiger charge is -2.08. The van der Waals surface area contributed by atoms with Gasteiger partial charge in [-0.1, -0.05) is 11.6 Å². The molecule has 110 valence electrons. The Balaban J connectivity index is 1.76. The number of aromatic nitrogens is 1. The van der Waals surface area contributed by atoms with Gasteiger partial charge in [0.2, 0.25) is 0 Å². The van der Waals surface area contributed by atoms with Gasteiger partial charge in [-0.2, -0.15) is 0 Å². The van der Waals surface area contributed by atoms with Gasteiger partial charge in [0.25, 0.3) is 5.91 Å². The predicted molar refractivity (Wildman–Crippen MR) is 83.1 cm³/mol. The summed E-state index contributed by atoms with van der Waals surface area (Å²) in [6, 6.07) is 10.5. The van der Waals surface area contributed by atoms with Crippen LogP contribution in [0.5, 0.6) is 5.75 Å². The van der Waals surface area contributed by atoms with Crippen molar-refractivity contribution in [3.05, 3.63) is 53.3 Å². The van der Waals surface area contributed by atoms with Crippen LogP contribution in [0.2, 0.25) is 5.15 Å². The van der Waals surface area contributed by atoms with Crippen LogP contribution in [0.1, 0.15) is 10.4 Å². The number of methoxy groups -OCH3 is 1. The Morgan fingerprint density at radius 1 is 1.24 bits per heavy atom. The van der Waals surface area contributed by atoms with E-state index in [2.05, 4.69) is 15.6 Å². The van der Waals surface area contributed by atoms with Crippen molar-refractivity contribution >= 4 is 23.2 Å². The van der Waals surface area contributed by atoms with Gasteiger partial charge in [0.1, 0.15) is 10.9 Å². The molecule has 21 heavy (non-hydrogen) atoms. The summed E-state index contributed by atoms with van der Waals surface area (Å²) in [5, 5.41) is 6.41. The minimum absolute atomic E-state index is 0.118. The van der Waals surface area contributed by atoms with Crippen LogP contribution in [0.3, 0.4) is 0 Å². The highest BCUT2D eigenvalue weighted by molar-refractivity contribution is 6.29. The number of anilines is 1. The summed E-state index contributed by atoms with van der Waals surface area (Å²) in [7, 11) is 1.59. The quantitative estimate of drug-likeness (QED) is 0.636. The molecular weight excluding hydrogens is 290 g/mol. The van der Waals surface area contributed by atoms with Crippen LogP contribution in [0.15, 0.2) is 42.6 Å². The van der Waals surface area contributed by atoms with Gasteiger partial charge in [-0.15, -0.1) is 0 Å². The Labute approximate surface area is 128 Å². The van der Waals surface area contributed by atoms with E-state index in [1.807, 2.05) is 6.07 Å². The Morgan fingerprint density at radius 3 is 2.67 bits per heavy atom. The first kappa shape index (κ1) is 15.1. The van der Waals surface area contributed by atoms with Crippen LogP contribution < -0.4 is 15.4 Å². The molecule has 0 aliphatic carbocycles. The summed E-state index contributed by atoms with van der Waals surface area (Å²) in [5.74, 6) is 0.606. The lowest BCUT2D eigenvalue weighted by molar-refractivity contribution is 0.0955. The van der Waals surface area contributed by atoms with Crippen molar-refractivity contribution in [1.82, 2.24) is 10.3 Å². The largest absolute Gasteiger partial charge is 0.497 e. The van der Waals surface area contributed by atoms with Crippen molar-refractivity contribution in [3.8, 4) is 5.75 Å². The summed E-state index contributed by atoms with van der Waals surface area (Å²) in [6.45, 7) is 1.10. The Morgan fingerprint density at radius 2 is 2.00 bits per heavy atom. The first-order valence-corrected chi connectivity index (χ1v) is 6.84. The molecule has 0 fully saturated rings. The molecule has 0 spiro atoms. The Bertz CT molecular complexity index is 602. The number of amides is 1. The summed E-state index contributed by atoms with van der Waals surface area (Å²) < 4.78 is 5.05. The van der Waals surface area contributed by atoms with Crippen molar-refractivity contribution < 1.29 is 9.53 Å². The number of rotatable bonds is 6. The van der Waals surface area contributed by atoms with Crippen molar-refractivity contribution in [2.24, 2.45) is 0 Å². The normalized spacial score (nSPS) is 10.0. The lowest BCUT2D eigenvalue weighted by atomic mass is 10.2. The number of benzene rings is 1. The summed E-state index contributed by atoms with van der Waals surface area (Å²) >= 11 is 5.78. The SMILES string of the molecule is COc1ccc(C(=O)NCCNc2ccnc(Cl)c2)cc1. The number of carbonyl (C=O) groups is 1. The lowest BCUT2D eigenvalue weighted by Crippen LogP contribution is -2.28. The van der Waals surface area contributed by atoms with Crippen LogP contribution in [0.4, 0.5) is 5.69 Å². The first-order valence-electron chi connectivity index (χ1n) is 6.47. The molecule has 1 heterocycles. The van der Waals surface area contributed by atoms with E-state index in [-0.39, 0.29) is 5.91 Å². The van der Waals surface area contributed by atoms with Gasteiger partial charge in [-0.3, -0.25) is 4.79 Å². The molecule has 0 radical (unpaired) electrons. The molecule has 0 unspecified atom stereocenters. The van der Waals surface area contributed by atoms with E-state index in [1.165, 1.54) is 0 Å². The molecule has 0 saturated carbocycles. The number of nitrogens with zero attached hydrogens (tertiary/aromatic N) is 1. The van der Waals surface area contributed by atoms with Gasteiger partial charge in [-0.25, -0.2) is 4.98 Å². The van der Waals surface area contributed by atoms with E-state index in [9.17, 15) is 4.79 Å². The van der Waals surface area contributed by atoms with E-state index in [1.54, 1.807) is 43.6 Å². The van der Waals surface area contributed by atoms with Gasteiger partial charge in [0.15, 0.2) is 0 Å². The van der Waals surface area contributed by atoms with Crippen LogP contribution in [-0.4, -0.2) is 31.1 Å². The molecule has 2 aromatic rings. The molecule has 2 rings (SSSR count). The molecule has 0 saturated heterocycles. The van der Waals surface area contributed by atoms with E-state index < -0.39 is 0 Å². The molecule has 6 heteroatoms. The van der Waals surface area contributed by atoms with Gasteiger partial charge >= 0.3 is 0 Å². The van der Waals surface area contributed by atoms with Crippen molar-refractivity contribution in [2.75, 3.05) is 25.5 Å². The maximum atomic E-state index is 11.9. The fourth-order valence-electron chi connectivity index (χ4n) is 1.74. The molecule has 1 amide bonds. The predicted octanol–water partition coefficient (Wildman–Crippen LogP) is 2.59. The fraction of sp³-hybridized carbons (Fsp3) is 0.200. The standard InChI is InChI=1S/C15H16ClN3O2/c1-21-13-4-2-11(3-5-13)15(20)19-9-8-17-12-6-7-18-14(16)10-12/h2-7,10H,8-9H2,1H3,(H,17,18)(H,19,20). The number of pyridine rings is 1. The number of nitrogens with one attached hydrogen (secondary N) is 2. The van der Waals surface area contributed by atoms with Crippen molar-refractivity contribution in [2.45, 2.75) is 0 Å². The Kier molecular flexibility index (Phi) is 5.40. The summed E-state index contributed by atoms with van der Waals surface area (Å²) in [6.07, 6.45) is 1.63. The molecule has 5 nitrogen and oxygen atoms in total. The number of ether oxygens (including phenoxy) is 1. The second-order valence-corrected chi connectivity index (χ2v) is 4.67. The molecule has 0 aliphatic heterocycles. The van der Waals surface area contributed by atoms with Crippen LogP contribution >= 0.6 is 11.6 Å². The summed E-state index contributed by atoms with van der Waals surface area (Å²) in [4.78, 5) is 15.8. The fourth-order valence-corrected chi connectivity index (χ4v) is 1.91. The maximum absolute atomic E-state index is 11.9. The zero-order valence-corrected chi connectivity index (χ0v) is 12.4. The topological polar surface area (TPSA) is 63.2 Å². The van der Waals surface area contributed by atoms with Crippen molar-refractivity contribution in [3.63, 3.8) is 0 Å². The second-order valence-electron chi connectivity index (χ2n) is 4.28. The average molecular weight is 306 g/mol. The average Bonchev–Trinajstić information content (AvgIpc) is 2.51. The van der Waals surface area contributed by atoms with E-state index in [0.29, 0.717) is 23.8 Å². The molecule has 0 aliphatic rings. The number of halogens is 1. The van der Waals surface area contributed by atoms with Crippen LogP contribution in [0.25, 0.3) is 0 Å². The van der Waals surface area contributed by atoms with Gasteiger partial charge < -0.3 is 15.4 Å². The third-order valence-electron chi connectivity index (χ3n) is 2.82. The first-order chi connectivity index (χ1) is 10.2. The van der Waals surface area contributed by atoms with Crippen LogP contribution in [-0.2, 0) is 0 Å². The zero-order valence-electron chi connectivity index (χ0n) is 11.6. The number of carbonyl (C=O) groups excluding carboxylic acids is 1. The third-order valence-corrected chi connectivity index (χ3v) is 3.03. The highest BCUT2D eigenvalue weighted by Crippen LogP contribution is 2.12. The van der Waals surface area contributed by atoms with Gasteiger partial charge in [0, 0.05) is 30.5 Å². The molecule has 0 bridgehead atoms. The molecule has 2 N–H and O–H groups in total. The minimum atomic E-state index is -0.118. The highest BCUT2D eigenvalue weighted by Gasteiger charge is 2.04. The number of hydrogen-bond donors (Lipinski definition) is 2. The van der Waals surface area contributed by atoms with Crippen LogP contribution in [0, 0.1) is 0 Å². The van der Waals surface area contributed by atoms with Gasteiger partial charge in [0.05, 0.1) is 7.11 Å². The minimum Gasteiger partial charge on any atom is -0.497 e. The Hall–Kier alpha value is -2.27. The molecule has 0 atom stereocenters. The summed E-state index contributed by atoms with van der Waals surface area (Å²) in [5.41, 5.74) is 1.47. The highest BCUT2D eigenvalue weighted by atomic mass is 35.5. The third kappa shape index (κ3) is 4.65. The van der Waals surface area contributed by atoms with Crippen molar-refractivity contribution in [1.29, 1.82) is 0 Å². The van der Waals surface area contributed by atoms with E-state index >= 15 is 0 Å². The second kappa shape index (κ2) is 7.50. The number of hydrogen-bond acceptors (Lipinski definition) is 4. The molecular formula is C15H16ClN3O2. The smallest absolute Gasteiger partial charge is 0.251 e. The molecule has 1 aromatic carbocycles. The maximum Gasteiger partial charge on any atom is 0.251 e. The van der Waals surface area contributed by atoms with Gasteiger partial charge in [-0.05, 0) is 36.4 Å². The monoisotopic (exact) mass is 305 g/mol. The molecule has 1 aromatic heterocycles.